The summed E-state index contributed by atoms with van der Waals surface area (Å²) in [5.74, 6) is 2.37. The van der Waals surface area contributed by atoms with Gasteiger partial charge >= 0.3 is 0 Å². The molecule has 1 heterocycles. The summed E-state index contributed by atoms with van der Waals surface area (Å²) in [7, 11) is 4.98. The van der Waals surface area contributed by atoms with E-state index < -0.39 is 0 Å². The van der Waals surface area contributed by atoms with Gasteiger partial charge in [-0.2, -0.15) is 0 Å². The lowest BCUT2D eigenvalue weighted by molar-refractivity contribution is 0.414. The highest BCUT2D eigenvalue weighted by molar-refractivity contribution is 6.33. The number of benzene rings is 3. The van der Waals surface area contributed by atoms with Crippen LogP contribution in [0.2, 0.25) is 5.02 Å². The minimum Gasteiger partial charge on any atom is -0.497 e. The fourth-order valence-corrected chi connectivity index (χ4v) is 4.03. The van der Waals surface area contributed by atoms with Crippen LogP contribution in [0.4, 0.5) is 0 Å². The van der Waals surface area contributed by atoms with Crippen LogP contribution in [0.5, 0.6) is 17.2 Å². The Morgan fingerprint density at radius 1 is 0.645 bits per heavy atom. The Morgan fingerprint density at radius 2 is 1.19 bits per heavy atom. The van der Waals surface area contributed by atoms with Gasteiger partial charge in [0.25, 0.3) is 0 Å². The highest BCUT2D eigenvalue weighted by Crippen LogP contribution is 2.39. The first-order chi connectivity index (χ1) is 15.0. The van der Waals surface area contributed by atoms with Gasteiger partial charge in [-0.15, -0.1) is 0 Å². The lowest BCUT2D eigenvalue weighted by Gasteiger charge is -2.14. The molecule has 0 aliphatic rings. The number of ether oxygens (including phenoxy) is 3. The van der Waals surface area contributed by atoms with Crippen LogP contribution >= 0.6 is 11.6 Å². The van der Waals surface area contributed by atoms with Gasteiger partial charge in [0.1, 0.15) is 17.2 Å². The van der Waals surface area contributed by atoms with E-state index in [1.54, 1.807) is 21.3 Å². The maximum absolute atomic E-state index is 6.63. The number of hydrogen-bond donors (Lipinski definition) is 0. The van der Waals surface area contributed by atoms with Gasteiger partial charge in [-0.3, -0.25) is 0 Å². The number of methoxy groups -OCH3 is 3. The third-order valence-corrected chi connectivity index (χ3v) is 5.74. The van der Waals surface area contributed by atoms with Crippen molar-refractivity contribution in [1.29, 1.82) is 0 Å². The molecular formula is C26H24ClNO3. The SMILES string of the molecule is COc1ccc(-c2cc(-c3ccc(OC)cc3Cl)c(C)n2-c2ccc(OC)cc2)cc1. The molecule has 0 aliphatic carbocycles. The summed E-state index contributed by atoms with van der Waals surface area (Å²) in [5, 5.41) is 0.649. The van der Waals surface area contributed by atoms with Gasteiger partial charge in [0, 0.05) is 22.5 Å². The highest BCUT2D eigenvalue weighted by atomic mass is 35.5. The topological polar surface area (TPSA) is 32.6 Å². The van der Waals surface area contributed by atoms with Crippen LogP contribution in [-0.2, 0) is 0 Å². The largest absolute Gasteiger partial charge is 0.497 e. The molecule has 0 bridgehead atoms. The molecule has 0 radical (unpaired) electrons. The first-order valence-corrected chi connectivity index (χ1v) is 10.3. The summed E-state index contributed by atoms with van der Waals surface area (Å²) < 4.78 is 18.2. The Bertz CT molecular complexity index is 1190. The van der Waals surface area contributed by atoms with Crippen molar-refractivity contribution >= 4 is 11.6 Å². The number of rotatable bonds is 6. The van der Waals surface area contributed by atoms with Crippen LogP contribution in [0.15, 0.2) is 72.8 Å². The van der Waals surface area contributed by atoms with Gasteiger partial charge in [-0.1, -0.05) is 11.6 Å². The third-order valence-electron chi connectivity index (χ3n) is 5.43. The average molecular weight is 434 g/mol. The van der Waals surface area contributed by atoms with Gasteiger partial charge in [-0.25, -0.2) is 0 Å². The van der Waals surface area contributed by atoms with E-state index in [-0.39, 0.29) is 0 Å². The summed E-state index contributed by atoms with van der Waals surface area (Å²) in [4.78, 5) is 0. The lowest BCUT2D eigenvalue weighted by Crippen LogP contribution is -1.99. The molecule has 0 N–H and O–H groups in total. The Labute approximate surface area is 187 Å². The smallest absolute Gasteiger partial charge is 0.120 e. The fraction of sp³-hybridized carbons (Fsp3) is 0.154. The Hall–Kier alpha value is -3.37. The van der Waals surface area contributed by atoms with E-state index in [0.29, 0.717) is 5.02 Å². The van der Waals surface area contributed by atoms with Crippen molar-refractivity contribution in [2.45, 2.75) is 6.92 Å². The fourth-order valence-electron chi connectivity index (χ4n) is 3.76. The zero-order valence-electron chi connectivity index (χ0n) is 18.0. The molecule has 4 nitrogen and oxygen atoms in total. The van der Waals surface area contributed by atoms with Gasteiger partial charge in [0.2, 0.25) is 0 Å². The van der Waals surface area contributed by atoms with Gasteiger partial charge < -0.3 is 18.8 Å². The quantitative estimate of drug-likeness (QED) is 0.335. The normalized spacial score (nSPS) is 10.7. The second kappa shape index (κ2) is 8.78. The van der Waals surface area contributed by atoms with E-state index in [1.807, 2.05) is 42.5 Å². The van der Waals surface area contributed by atoms with E-state index in [4.69, 9.17) is 25.8 Å². The van der Waals surface area contributed by atoms with Gasteiger partial charge in [-0.05, 0) is 85.3 Å². The molecule has 0 atom stereocenters. The third kappa shape index (κ3) is 3.99. The molecular weight excluding hydrogens is 410 g/mol. The van der Waals surface area contributed by atoms with Crippen LogP contribution in [0.1, 0.15) is 5.69 Å². The Balaban J connectivity index is 1.92. The molecule has 4 rings (SSSR count). The van der Waals surface area contributed by atoms with Crippen molar-refractivity contribution in [3.05, 3.63) is 83.5 Å². The van der Waals surface area contributed by atoms with Crippen molar-refractivity contribution in [1.82, 2.24) is 4.57 Å². The zero-order chi connectivity index (χ0) is 22.0. The van der Waals surface area contributed by atoms with Crippen molar-refractivity contribution in [2.24, 2.45) is 0 Å². The van der Waals surface area contributed by atoms with Gasteiger partial charge in [0.15, 0.2) is 0 Å². The van der Waals surface area contributed by atoms with Crippen molar-refractivity contribution < 1.29 is 14.2 Å². The van der Waals surface area contributed by atoms with Crippen LogP contribution in [-0.4, -0.2) is 25.9 Å². The first kappa shape index (κ1) is 20.9. The molecule has 0 spiro atoms. The van der Waals surface area contributed by atoms with E-state index >= 15 is 0 Å². The van der Waals surface area contributed by atoms with E-state index in [2.05, 4.69) is 41.8 Å². The number of nitrogens with zero attached hydrogens (tertiary/aromatic N) is 1. The Morgan fingerprint density at radius 3 is 1.74 bits per heavy atom. The van der Waals surface area contributed by atoms with E-state index in [0.717, 1.165) is 51.0 Å². The lowest BCUT2D eigenvalue weighted by atomic mass is 10.0. The standard InChI is InChI=1S/C26H24ClNO3/c1-17-24(23-14-13-22(31-4)15-25(23)27)16-26(18-5-9-20(29-2)10-6-18)28(17)19-7-11-21(30-3)12-8-19/h5-16H,1-4H3. The van der Waals surface area contributed by atoms with Crippen LogP contribution in [0.3, 0.4) is 0 Å². The van der Waals surface area contributed by atoms with Gasteiger partial charge in [0.05, 0.1) is 32.0 Å². The molecule has 0 fully saturated rings. The molecule has 0 aliphatic heterocycles. The molecule has 158 valence electrons. The summed E-state index contributed by atoms with van der Waals surface area (Å²) in [6.07, 6.45) is 0. The minimum absolute atomic E-state index is 0.649. The molecule has 0 saturated heterocycles. The van der Waals surface area contributed by atoms with Crippen molar-refractivity contribution in [3.8, 4) is 45.3 Å². The minimum atomic E-state index is 0.649. The van der Waals surface area contributed by atoms with Crippen LogP contribution in [0.25, 0.3) is 28.1 Å². The van der Waals surface area contributed by atoms with E-state index in [1.165, 1.54) is 0 Å². The number of hydrogen-bond acceptors (Lipinski definition) is 3. The molecule has 31 heavy (non-hydrogen) atoms. The molecule has 0 amide bonds. The van der Waals surface area contributed by atoms with Crippen molar-refractivity contribution in [3.63, 3.8) is 0 Å². The van der Waals surface area contributed by atoms with Crippen molar-refractivity contribution in [2.75, 3.05) is 21.3 Å². The highest BCUT2D eigenvalue weighted by Gasteiger charge is 2.18. The molecule has 5 heteroatoms. The summed E-state index contributed by atoms with van der Waals surface area (Å²) in [5.41, 5.74) is 6.29. The molecule has 4 aromatic rings. The average Bonchev–Trinajstić information content (AvgIpc) is 3.15. The number of aromatic nitrogens is 1. The van der Waals surface area contributed by atoms with Crippen LogP contribution in [0, 0.1) is 6.92 Å². The maximum Gasteiger partial charge on any atom is 0.120 e. The molecule has 0 saturated carbocycles. The molecule has 1 aromatic heterocycles. The second-order valence-corrected chi connectivity index (χ2v) is 7.54. The monoisotopic (exact) mass is 433 g/mol. The summed E-state index contributed by atoms with van der Waals surface area (Å²) in [6.45, 7) is 2.10. The van der Waals surface area contributed by atoms with Crippen LogP contribution < -0.4 is 14.2 Å². The first-order valence-electron chi connectivity index (χ1n) is 9.91. The number of halogens is 1. The molecule has 0 unspecified atom stereocenters. The molecule has 3 aromatic carbocycles. The summed E-state index contributed by atoms with van der Waals surface area (Å²) >= 11 is 6.63. The zero-order valence-corrected chi connectivity index (χ0v) is 18.7. The second-order valence-electron chi connectivity index (χ2n) is 7.14. The predicted molar refractivity (Wildman–Crippen MR) is 126 cm³/mol. The predicted octanol–water partition coefficient (Wildman–Crippen LogP) is 6.80. The summed E-state index contributed by atoms with van der Waals surface area (Å²) in [6, 6.07) is 24.0. The maximum atomic E-state index is 6.63. The van der Waals surface area contributed by atoms with E-state index in [9.17, 15) is 0 Å². The Kier molecular flexibility index (Phi) is 5.92.